The quantitative estimate of drug-likeness (QED) is 0.788. The Morgan fingerprint density at radius 3 is 2.32 bits per heavy atom. The Balaban J connectivity index is 2.06. The summed E-state index contributed by atoms with van der Waals surface area (Å²) in [6, 6.07) is 7.47. The summed E-state index contributed by atoms with van der Waals surface area (Å²) in [6.07, 6.45) is 0.568. The summed E-state index contributed by atoms with van der Waals surface area (Å²) in [5.41, 5.74) is 1.66. The van der Waals surface area contributed by atoms with Gasteiger partial charge in [0.2, 0.25) is 10.0 Å². The molecule has 0 atom stereocenters. The van der Waals surface area contributed by atoms with Crippen molar-refractivity contribution in [2.24, 2.45) is 0 Å². The van der Waals surface area contributed by atoms with Gasteiger partial charge in [-0.05, 0) is 31.3 Å². The number of ether oxygens (including phenoxy) is 1. The lowest BCUT2D eigenvalue weighted by Crippen LogP contribution is -2.44. The van der Waals surface area contributed by atoms with Gasteiger partial charge in [0.15, 0.2) is 0 Å². The first-order chi connectivity index (χ1) is 11.8. The van der Waals surface area contributed by atoms with Crippen molar-refractivity contribution in [3.8, 4) is 0 Å². The maximum absolute atomic E-state index is 12.1. The van der Waals surface area contributed by atoms with E-state index in [2.05, 4.69) is 26.9 Å². The number of methoxy groups -OCH3 is 1. The molecule has 1 aromatic carbocycles. The van der Waals surface area contributed by atoms with Crippen LogP contribution >= 0.6 is 0 Å². The molecule has 1 saturated heterocycles. The first-order valence-electron chi connectivity index (χ1n) is 8.14. The average molecular weight is 370 g/mol. The number of amides is 1. The molecule has 1 aromatic rings. The Morgan fingerprint density at radius 1 is 1.20 bits per heavy atom. The number of carbonyl (C=O) groups excluding carboxylic acids is 1. The van der Waals surface area contributed by atoms with Gasteiger partial charge in [-0.2, -0.15) is 0 Å². The molecule has 2 rings (SSSR count). The van der Waals surface area contributed by atoms with Gasteiger partial charge in [0.1, 0.15) is 0 Å². The van der Waals surface area contributed by atoms with Gasteiger partial charge in [0.25, 0.3) is 0 Å². The number of hydrogen-bond acceptors (Lipinski definition) is 6. The van der Waals surface area contributed by atoms with E-state index in [4.69, 9.17) is 0 Å². The number of piperazine rings is 1. The number of likely N-dealkylation sites (N-methyl/N-ethyl adjacent to an activating group) is 1. The maximum atomic E-state index is 12.1. The number of sulfonamides is 1. The molecular weight excluding hydrogens is 344 g/mol. The third-order valence-electron chi connectivity index (χ3n) is 4.18. The van der Waals surface area contributed by atoms with Crippen LogP contribution in [0.3, 0.4) is 0 Å². The summed E-state index contributed by atoms with van der Waals surface area (Å²) in [5.74, 6) is 0. The van der Waals surface area contributed by atoms with Crippen molar-refractivity contribution in [2.45, 2.75) is 0 Å². The molecule has 0 aromatic heterocycles. The van der Waals surface area contributed by atoms with Crippen LogP contribution in [0.1, 0.15) is 0 Å². The minimum atomic E-state index is -3.45. The molecule has 0 aliphatic carbocycles. The molecule has 1 heterocycles. The van der Waals surface area contributed by atoms with Crippen molar-refractivity contribution in [2.75, 3.05) is 68.9 Å². The van der Waals surface area contributed by atoms with Gasteiger partial charge in [-0.1, -0.05) is 0 Å². The van der Waals surface area contributed by atoms with Crippen LogP contribution in [0.15, 0.2) is 24.3 Å². The van der Waals surface area contributed by atoms with E-state index < -0.39 is 16.1 Å². The highest BCUT2D eigenvalue weighted by molar-refractivity contribution is 7.92. The van der Waals surface area contributed by atoms with Crippen molar-refractivity contribution >= 4 is 27.5 Å². The number of hydrogen-bond donors (Lipinski definition) is 1. The summed E-state index contributed by atoms with van der Waals surface area (Å²) in [6.45, 7) is 4.23. The molecule has 0 spiro atoms. The molecule has 0 unspecified atom stereocenters. The van der Waals surface area contributed by atoms with Crippen LogP contribution in [0.5, 0.6) is 0 Å². The fraction of sp³-hybridized carbons (Fsp3) is 0.562. The first-order valence-corrected chi connectivity index (χ1v) is 9.99. The zero-order valence-electron chi connectivity index (χ0n) is 14.9. The normalized spacial score (nSPS) is 15.7. The van der Waals surface area contributed by atoms with E-state index in [1.807, 2.05) is 12.1 Å². The molecule has 1 aliphatic rings. The molecule has 1 aliphatic heterocycles. The zero-order valence-corrected chi connectivity index (χ0v) is 15.8. The van der Waals surface area contributed by atoms with Crippen LogP contribution in [0.2, 0.25) is 0 Å². The number of carbonyl (C=O) groups is 1. The predicted octanol–water partition coefficient (Wildman–Crippen LogP) is 0.560. The minimum Gasteiger partial charge on any atom is -0.453 e. The minimum absolute atomic E-state index is 0.141. The van der Waals surface area contributed by atoms with Gasteiger partial charge in [0.05, 0.1) is 25.6 Å². The Kier molecular flexibility index (Phi) is 6.49. The summed E-state index contributed by atoms with van der Waals surface area (Å²) >= 11 is 0. The van der Waals surface area contributed by atoms with E-state index in [-0.39, 0.29) is 13.1 Å². The third kappa shape index (κ3) is 5.50. The van der Waals surface area contributed by atoms with Crippen LogP contribution < -0.4 is 14.5 Å². The third-order valence-corrected chi connectivity index (χ3v) is 5.37. The Bertz CT molecular complexity index is 670. The molecule has 0 bridgehead atoms. The van der Waals surface area contributed by atoms with E-state index in [1.165, 1.54) is 11.4 Å². The molecule has 8 nitrogen and oxygen atoms in total. The number of benzene rings is 1. The van der Waals surface area contributed by atoms with E-state index in [1.54, 1.807) is 12.1 Å². The van der Waals surface area contributed by atoms with Crippen molar-refractivity contribution in [3.63, 3.8) is 0 Å². The Morgan fingerprint density at radius 2 is 1.80 bits per heavy atom. The molecular formula is C16H26N4O4S. The highest BCUT2D eigenvalue weighted by Gasteiger charge is 2.19. The van der Waals surface area contributed by atoms with Crippen LogP contribution in [0.25, 0.3) is 0 Å². The van der Waals surface area contributed by atoms with Crippen LogP contribution in [-0.2, 0) is 14.8 Å². The molecule has 9 heteroatoms. The molecule has 0 saturated carbocycles. The van der Waals surface area contributed by atoms with Gasteiger partial charge in [-0.25, -0.2) is 13.2 Å². The second-order valence-electron chi connectivity index (χ2n) is 6.06. The van der Waals surface area contributed by atoms with Gasteiger partial charge >= 0.3 is 6.09 Å². The predicted molar refractivity (Wildman–Crippen MR) is 98.7 cm³/mol. The SMILES string of the molecule is COC(=O)NCCN(c1ccc(N2CCN(C)CC2)cc1)S(C)(=O)=O. The zero-order chi connectivity index (χ0) is 18.4. The maximum Gasteiger partial charge on any atom is 0.406 e. The van der Waals surface area contributed by atoms with Gasteiger partial charge in [-0.3, -0.25) is 4.31 Å². The second-order valence-corrected chi connectivity index (χ2v) is 7.97. The highest BCUT2D eigenvalue weighted by Crippen LogP contribution is 2.23. The smallest absolute Gasteiger partial charge is 0.406 e. The van der Waals surface area contributed by atoms with E-state index in [0.29, 0.717) is 5.69 Å². The first kappa shape index (κ1) is 19.3. The lowest BCUT2D eigenvalue weighted by Gasteiger charge is -2.34. The fourth-order valence-corrected chi connectivity index (χ4v) is 3.64. The van der Waals surface area contributed by atoms with Gasteiger partial charge in [0, 0.05) is 38.4 Å². The summed E-state index contributed by atoms with van der Waals surface area (Å²) in [4.78, 5) is 15.7. The molecule has 1 fully saturated rings. The summed E-state index contributed by atoms with van der Waals surface area (Å²) in [5, 5.41) is 2.49. The molecule has 0 radical (unpaired) electrons. The topological polar surface area (TPSA) is 82.2 Å². The Hall–Kier alpha value is -2.00. The number of nitrogens with zero attached hydrogens (tertiary/aromatic N) is 3. The average Bonchev–Trinajstić information content (AvgIpc) is 2.58. The number of rotatable bonds is 6. The number of nitrogens with one attached hydrogen (secondary N) is 1. The monoisotopic (exact) mass is 370 g/mol. The van der Waals surface area contributed by atoms with E-state index in [9.17, 15) is 13.2 Å². The van der Waals surface area contributed by atoms with Crippen LogP contribution in [-0.4, -0.2) is 79.1 Å². The van der Waals surface area contributed by atoms with Crippen LogP contribution in [0, 0.1) is 0 Å². The second kappa shape index (κ2) is 8.39. The lowest BCUT2D eigenvalue weighted by molar-refractivity contribution is 0.171. The van der Waals surface area contributed by atoms with E-state index >= 15 is 0 Å². The summed E-state index contributed by atoms with van der Waals surface area (Å²) in [7, 11) is -0.0781. The standard InChI is InChI=1S/C16H26N4O4S/c1-18-10-12-19(13-11-18)14-4-6-15(7-5-14)20(25(3,22)23)9-8-17-16(21)24-2/h4-7H,8-13H2,1-3H3,(H,17,21). The molecule has 1 amide bonds. The van der Waals surface area contributed by atoms with Gasteiger partial charge < -0.3 is 19.9 Å². The number of anilines is 2. The number of alkyl carbamates (subject to hydrolysis) is 1. The fourth-order valence-electron chi connectivity index (χ4n) is 2.71. The van der Waals surface area contributed by atoms with Crippen molar-refractivity contribution < 1.29 is 17.9 Å². The van der Waals surface area contributed by atoms with Crippen molar-refractivity contribution in [1.82, 2.24) is 10.2 Å². The lowest BCUT2D eigenvalue weighted by atomic mass is 10.2. The molecule has 25 heavy (non-hydrogen) atoms. The molecule has 140 valence electrons. The summed E-state index contributed by atoms with van der Waals surface area (Å²) < 4.78 is 29.9. The van der Waals surface area contributed by atoms with Crippen molar-refractivity contribution in [3.05, 3.63) is 24.3 Å². The van der Waals surface area contributed by atoms with Gasteiger partial charge in [-0.15, -0.1) is 0 Å². The van der Waals surface area contributed by atoms with Crippen molar-refractivity contribution in [1.29, 1.82) is 0 Å². The van der Waals surface area contributed by atoms with E-state index in [0.717, 1.165) is 38.1 Å². The Labute approximate surface area is 149 Å². The largest absolute Gasteiger partial charge is 0.453 e. The van der Waals surface area contributed by atoms with Crippen LogP contribution in [0.4, 0.5) is 16.2 Å². The molecule has 1 N–H and O–H groups in total. The highest BCUT2D eigenvalue weighted by atomic mass is 32.2.